The number of ketones is 1. The minimum Gasteiger partial charge on any atom is -0.465 e. The number of benzene rings is 3. The van der Waals surface area contributed by atoms with Crippen molar-refractivity contribution in [3.05, 3.63) is 112 Å². The molecule has 0 aliphatic rings. The van der Waals surface area contributed by atoms with Crippen molar-refractivity contribution in [2.75, 3.05) is 7.11 Å². The molecule has 0 unspecified atom stereocenters. The van der Waals surface area contributed by atoms with E-state index in [2.05, 4.69) is 0 Å². The highest BCUT2D eigenvalue weighted by molar-refractivity contribution is 6.37. The number of aryl methyl sites for hydroxylation is 1. The lowest BCUT2D eigenvalue weighted by atomic mass is 10.1. The van der Waals surface area contributed by atoms with Crippen molar-refractivity contribution < 1.29 is 18.7 Å². The number of methoxy groups -OCH3 is 1. The number of ether oxygens (including phenoxy) is 1. The Morgan fingerprint density at radius 1 is 0.917 bits per heavy atom. The predicted molar refractivity (Wildman–Crippen MR) is 141 cm³/mol. The van der Waals surface area contributed by atoms with E-state index in [1.54, 1.807) is 40.8 Å². The zero-order valence-electron chi connectivity index (χ0n) is 19.5. The molecule has 3 heterocycles. The average molecular weight is 494 g/mol. The summed E-state index contributed by atoms with van der Waals surface area (Å²) in [5, 5.41) is 2.01. The first-order valence-electron chi connectivity index (χ1n) is 11.4. The summed E-state index contributed by atoms with van der Waals surface area (Å²) in [6.07, 6.45) is 0. The largest absolute Gasteiger partial charge is 0.465 e. The fraction of sp³-hybridized carbons (Fsp3) is 0.0667. The van der Waals surface area contributed by atoms with Crippen LogP contribution in [0.15, 0.2) is 89.3 Å². The molecule has 0 saturated heterocycles. The topological polar surface area (TPSA) is 60.9 Å². The molecule has 6 rings (SSSR count). The summed E-state index contributed by atoms with van der Waals surface area (Å²) in [6, 6.07) is 26.0. The van der Waals surface area contributed by atoms with Gasteiger partial charge in [-0.25, -0.2) is 4.79 Å². The molecule has 6 aromatic rings. The zero-order valence-corrected chi connectivity index (χ0v) is 20.3. The van der Waals surface area contributed by atoms with Gasteiger partial charge in [-0.05, 0) is 37.3 Å². The van der Waals surface area contributed by atoms with E-state index in [0.717, 1.165) is 16.5 Å². The van der Waals surface area contributed by atoms with Gasteiger partial charge in [-0.15, -0.1) is 0 Å². The molecule has 176 valence electrons. The lowest BCUT2D eigenvalue weighted by Crippen LogP contribution is -2.06. The first-order chi connectivity index (χ1) is 17.5. The van der Waals surface area contributed by atoms with E-state index >= 15 is 0 Å². The molecule has 0 aliphatic heterocycles. The van der Waals surface area contributed by atoms with E-state index in [0.29, 0.717) is 44.0 Å². The van der Waals surface area contributed by atoms with Gasteiger partial charge in [-0.3, -0.25) is 4.79 Å². The Kier molecular flexibility index (Phi) is 5.16. The highest BCUT2D eigenvalue weighted by atomic mass is 35.5. The van der Waals surface area contributed by atoms with Crippen molar-refractivity contribution >= 4 is 50.7 Å². The van der Waals surface area contributed by atoms with Crippen LogP contribution >= 0.6 is 11.6 Å². The van der Waals surface area contributed by atoms with Crippen molar-refractivity contribution in [1.82, 2.24) is 4.40 Å². The second-order valence-corrected chi connectivity index (χ2v) is 9.11. The summed E-state index contributed by atoms with van der Waals surface area (Å²) in [7, 11) is 1.32. The van der Waals surface area contributed by atoms with Gasteiger partial charge in [0.15, 0.2) is 5.58 Å². The van der Waals surface area contributed by atoms with Crippen molar-refractivity contribution in [2.45, 2.75) is 6.92 Å². The summed E-state index contributed by atoms with van der Waals surface area (Å²) in [6.45, 7) is 2.03. The number of furan rings is 1. The van der Waals surface area contributed by atoms with E-state index in [1.807, 2.05) is 55.5 Å². The Morgan fingerprint density at radius 2 is 1.67 bits per heavy atom. The second kappa shape index (κ2) is 8.40. The molecular formula is C30H20ClNO4. The van der Waals surface area contributed by atoms with Crippen LogP contribution in [0.2, 0.25) is 5.02 Å². The SMILES string of the molecule is COC(=O)c1cc(C(=O)c2ccccc2)n2c1ccc1c(Cl)cc3cc(-c4ccc(C)cc4)oc3c12. The number of aromatic nitrogens is 1. The number of carbonyl (C=O) groups is 2. The minimum atomic E-state index is -0.531. The predicted octanol–water partition coefficient (Wildman–Crippen LogP) is 7.49. The number of hydrogen-bond donors (Lipinski definition) is 0. The molecule has 0 aliphatic carbocycles. The van der Waals surface area contributed by atoms with E-state index in [4.69, 9.17) is 20.8 Å². The zero-order chi connectivity index (χ0) is 25.0. The van der Waals surface area contributed by atoms with Crippen LogP contribution in [0.25, 0.3) is 38.7 Å². The van der Waals surface area contributed by atoms with E-state index < -0.39 is 5.97 Å². The van der Waals surface area contributed by atoms with Gasteiger partial charge in [0.2, 0.25) is 5.78 Å². The molecular weight excluding hydrogens is 474 g/mol. The quantitative estimate of drug-likeness (QED) is 0.188. The van der Waals surface area contributed by atoms with E-state index in [-0.39, 0.29) is 11.3 Å². The van der Waals surface area contributed by atoms with Gasteiger partial charge in [0.1, 0.15) is 5.76 Å². The fourth-order valence-corrected chi connectivity index (χ4v) is 4.93. The smallest absolute Gasteiger partial charge is 0.340 e. The normalized spacial score (nSPS) is 11.4. The van der Waals surface area contributed by atoms with Gasteiger partial charge in [0.25, 0.3) is 0 Å². The molecule has 3 aromatic heterocycles. The third kappa shape index (κ3) is 3.40. The molecule has 36 heavy (non-hydrogen) atoms. The van der Waals surface area contributed by atoms with Crippen LogP contribution in [0.3, 0.4) is 0 Å². The number of esters is 1. The van der Waals surface area contributed by atoms with Gasteiger partial charge in [-0.2, -0.15) is 0 Å². The number of nitrogens with zero attached hydrogens (tertiary/aromatic N) is 1. The molecule has 0 fully saturated rings. The van der Waals surface area contributed by atoms with Crippen LogP contribution in [0.1, 0.15) is 32.0 Å². The summed E-state index contributed by atoms with van der Waals surface area (Å²) in [5.74, 6) is -0.0782. The standard InChI is InChI=1S/C30H20ClNO4/c1-17-8-10-18(11-9-17)26-15-20-14-23(31)21-12-13-24-22(30(34)35-2)16-25(32(24)27(21)29(20)36-26)28(33)19-6-4-3-5-7-19/h3-16H,1-2H3. The number of halogens is 1. The number of fused-ring (bicyclic) bond motifs is 5. The van der Waals surface area contributed by atoms with Crippen molar-refractivity contribution in [1.29, 1.82) is 0 Å². The molecule has 0 spiro atoms. The maximum Gasteiger partial charge on any atom is 0.340 e. The first-order valence-corrected chi connectivity index (χ1v) is 11.8. The Bertz CT molecular complexity index is 1810. The third-order valence-corrected chi connectivity index (χ3v) is 6.76. The van der Waals surface area contributed by atoms with Gasteiger partial charge in [0, 0.05) is 21.9 Å². The minimum absolute atomic E-state index is 0.230. The molecule has 6 heteroatoms. The van der Waals surface area contributed by atoms with Crippen LogP contribution in [0.5, 0.6) is 0 Å². The maximum atomic E-state index is 13.7. The Morgan fingerprint density at radius 3 is 2.39 bits per heavy atom. The van der Waals surface area contributed by atoms with Crippen LogP contribution in [-0.2, 0) is 4.74 Å². The van der Waals surface area contributed by atoms with Crippen LogP contribution < -0.4 is 0 Å². The second-order valence-electron chi connectivity index (χ2n) is 8.70. The van der Waals surface area contributed by atoms with Crippen molar-refractivity contribution in [2.24, 2.45) is 0 Å². The number of carbonyl (C=O) groups excluding carboxylic acids is 2. The molecule has 5 nitrogen and oxygen atoms in total. The maximum absolute atomic E-state index is 13.7. The Hall–Kier alpha value is -4.35. The van der Waals surface area contributed by atoms with Crippen LogP contribution in [-0.4, -0.2) is 23.3 Å². The summed E-state index contributed by atoms with van der Waals surface area (Å²) < 4.78 is 13.2. The summed E-state index contributed by atoms with van der Waals surface area (Å²) >= 11 is 6.73. The molecule has 0 bridgehead atoms. The van der Waals surface area contributed by atoms with Crippen LogP contribution in [0, 0.1) is 6.92 Å². The fourth-order valence-electron chi connectivity index (χ4n) is 4.66. The molecule has 0 saturated carbocycles. The van der Waals surface area contributed by atoms with Crippen LogP contribution in [0.4, 0.5) is 0 Å². The lowest BCUT2D eigenvalue weighted by Gasteiger charge is -2.10. The number of pyridine rings is 1. The highest BCUT2D eigenvalue weighted by Crippen LogP contribution is 2.38. The lowest BCUT2D eigenvalue weighted by molar-refractivity contribution is 0.0603. The first kappa shape index (κ1) is 22.1. The monoisotopic (exact) mass is 493 g/mol. The van der Waals surface area contributed by atoms with E-state index in [9.17, 15) is 9.59 Å². The Balaban J connectivity index is 1.73. The van der Waals surface area contributed by atoms with Crippen molar-refractivity contribution in [3.8, 4) is 11.3 Å². The number of rotatable bonds is 4. The van der Waals surface area contributed by atoms with Gasteiger partial charge in [0.05, 0.1) is 34.4 Å². The molecule has 0 radical (unpaired) electrons. The molecule has 0 atom stereocenters. The van der Waals surface area contributed by atoms with E-state index in [1.165, 1.54) is 7.11 Å². The molecule has 0 amide bonds. The van der Waals surface area contributed by atoms with Crippen molar-refractivity contribution in [3.63, 3.8) is 0 Å². The third-order valence-electron chi connectivity index (χ3n) is 6.45. The van der Waals surface area contributed by atoms with Gasteiger partial charge < -0.3 is 13.6 Å². The Labute approximate surface area is 211 Å². The molecule has 3 aromatic carbocycles. The average Bonchev–Trinajstić information content (AvgIpc) is 3.51. The summed E-state index contributed by atoms with van der Waals surface area (Å²) in [4.78, 5) is 26.4. The van der Waals surface area contributed by atoms with Gasteiger partial charge in [-0.1, -0.05) is 71.8 Å². The molecule has 0 N–H and O–H groups in total. The summed E-state index contributed by atoms with van der Waals surface area (Å²) in [5.41, 5.74) is 4.91. The highest BCUT2D eigenvalue weighted by Gasteiger charge is 2.25. The number of hydrogen-bond acceptors (Lipinski definition) is 4. The van der Waals surface area contributed by atoms with Gasteiger partial charge >= 0.3 is 5.97 Å².